The number of hydrogen-bond donors (Lipinski definition) is 1. The molecular formula is C33H26BrClN2O4S2. The third kappa shape index (κ3) is 4.30. The molecule has 1 N–H and O–H groups in total. The molecule has 10 heteroatoms. The van der Waals surface area contributed by atoms with Crippen LogP contribution in [-0.2, 0) is 16.2 Å². The predicted molar refractivity (Wildman–Crippen MR) is 172 cm³/mol. The van der Waals surface area contributed by atoms with Gasteiger partial charge in [0.05, 0.1) is 22.5 Å². The van der Waals surface area contributed by atoms with E-state index in [-0.39, 0.29) is 57.4 Å². The number of benzene rings is 3. The van der Waals surface area contributed by atoms with E-state index in [9.17, 15) is 14.4 Å². The number of nitrogens with one attached hydrogen (secondary N) is 1. The summed E-state index contributed by atoms with van der Waals surface area (Å²) in [6, 6.07) is 21.2. The van der Waals surface area contributed by atoms with Crippen molar-refractivity contribution in [2.45, 2.75) is 36.1 Å². The van der Waals surface area contributed by atoms with Gasteiger partial charge in [0.25, 0.3) is 0 Å². The summed E-state index contributed by atoms with van der Waals surface area (Å²) in [5.74, 6) is -0.205. The Balaban J connectivity index is 1.20. The average molecular weight is 694 g/mol. The van der Waals surface area contributed by atoms with E-state index in [1.54, 1.807) is 36.0 Å². The van der Waals surface area contributed by atoms with Gasteiger partial charge in [-0.25, -0.2) is 0 Å². The standard InChI is InChI=1S/C33H26BrClN2O4S2/c1-15-4-2-3-5-16(15)14-41-23-11-6-17(34)12-20(23)24-25-21-13-22(28(25)42-30-29(24)43-33(40)36-30)27-26(21)31(38)37(32(27)39)19-9-7-18(35)8-10-19/h2-12,21-22,24-28H,13-14H2,1H3,(H,36,40)/t21-,22-,24+,25+,26+,27+,28-/m1/s1. The number of fused-ring (bicyclic) bond motifs is 9. The minimum atomic E-state index is -0.377. The summed E-state index contributed by atoms with van der Waals surface area (Å²) in [6.45, 7) is 2.50. The summed E-state index contributed by atoms with van der Waals surface area (Å²) in [6.07, 6.45) is 0.826. The Morgan fingerprint density at radius 2 is 1.74 bits per heavy atom. The van der Waals surface area contributed by atoms with E-state index in [2.05, 4.69) is 46.0 Å². The molecule has 3 aromatic carbocycles. The molecule has 4 aliphatic rings. The van der Waals surface area contributed by atoms with Crippen molar-refractivity contribution < 1.29 is 14.3 Å². The lowest BCUT2D eigenvalue weighted by atomic mass is 9.68. The third-order valence-corrected chi connectivity index (χ3v) is 13.1. The molecule has 2 aliphatic carbocycles. The van der Waals surface area contributed by atoms with E-state index in [1.807, 2.05) is 24.3 Å². The lowest BCUT2D eigenvalue weighted by Gasteiger charge is -2.43. The van der Waals surface area contributed by atoms with Crippen molar-refractivity contribution in [1.82, 2.24) is 4.98 Å². The fourth-order valence-corrected chi connectivity index (χ4v) is 11.4. The van der Waals surface area contributed by atoms with E-state index in [4.69, 9.17) is 16.3 Å². The van der Waals surface area contributed by atoms with Crippen molar-refractivity contribution >= 4 is 68.1 Å². The number of H-pyrrole nitrogens is 1. The molecule has 218 valence electrons. The number of ether oxygens (including phenoxy) is 1. The number of rotatable bonds is 5. The topological polar surface area (TPSA) is 79.5 Å². The predicted octanol–water partition coefficient (Wildman–Crippen LogP) is 7.42. The maximum atomic E-state index is 14.0. The molecule has 7 atom stereocenters. The van der Waals surface area contributed by atoms with Crippen LogP contribution in [-0.4, -0.2) is 22.0 Å². The van der Waals surface area contributed by atoms with Crippen molar-refractivity contribution in [2.24, 2.45) is 29.6 Å². The van der Waals surface area contributed by atoms with Crippen LogP contribution in [0.1, 0.15) is 33.9 Å². The normalized spacial score (nSPS) is 28.6. The highest BCUT2D eigenvalue weighted by atomic mass is 79.9. The summed E-state index contributed by atoms with van der Waals surface area (Å²) in [5, 5.41) is 1.53. The van der Waals surface area contributed by atoms with Gasteiger partial charge in [0, 0.05) is 31.1 Å². The molecule has 3 heterocycles. The number of thiazole rings is 1. The third-order valence-electron chi connectivity index (χ3n) is 9.76. The number of nitrogens with zero attached hydrogens (tertiary/aromatic N) is 1. The number of thioether (sulfide) groups is 1. The zero-order valence-electron chi connectivity index (χ0n) is 23.0. The van der Waals surface area contributed by atoms with Crippen LogP contribution in [0.5, 0.6) is 5.75 Å². The highest BCUT2D eigenvalue weighted by Crippen LogP contribution is 2.69. The van der Waals surface area contributed by atoms with Gasteiger partial charge in [-0.1, -0.05) is 63.1 Å². The number of carbonyl (C=O) groups excluding carboxylic acids is 2. The number of aryl methyl sites for hydroxylation is 1. The summed E-state index contributed by atoms with van der Waals surface area (Å²) in [4.78, 5) is 46.0. The quantitative estimate of drug-likeness (QED) is 0.220. The van der Waals surface area contributed by atoms with Gasteiger partial charge in [0.15, 0.2) is 0 Å². The van der Waals surface area contributed by atoms with Gasteiger partial charge in [-0.15, -0.1) is 11.8 Å². The first kappa shape index (κ1) is 27.7. The molecular weight excluding hydrogens is 668 g/mol. The van der Waals surface area contributed by atoms with Crippen LogP contribution in [0.25, 0.3) is 0 Å². The molecule has 4 aromatic rings. The van der Waals surface area contributed by atoms with Crippen molar-refractivity contribution in [3.05, 3.63) is 107 Å². The van der Waals surface area contributed by atoms with Crippen molar-refractivity contribution in [3.63, 3.8) is 0 Å². The van der Waals surface area contributed by atoms with Crippen LogP contribution in [0.15, 0.2) is 81.0 Å². The molecule has 2 bridgehead atoms. The van der Waals surface area contributed by atoms with Gasteiger partial charge in [-0.2, -0.15) is 0 Å². The highest BCUT2D eigenvalue weighted by molar-refractivity contribution is 9.10. The minimum Gasteiger partial charge on any atom is -0.489 e. The summed E-state index contributed by atoms with van der Waals surface area (Å²) >= 11 is 12.7. The molecule has 8 rings (SSSR count). The van der Waals surface area contributed by atoms with Gasteiger partial charge >= 0.3 is 4.87 Å². The molecule has 0 unspecified atom stereocenters. The van der Waals surface area contributed by atoms with Crippen LogP contribution in [0.2, 0.25) is 5.02 Å². The second-order valence-electron chi connectivity index (χ2n) is 11.8. The molecule has 3 fully saturated rings. The number of halogens is 2. The van der Waals surface area contributed by atoms with Crippen LogP contribution < -0.4 is 14.5 Å². The highest BCUT2D eigenvalue weighted by Gasteiger charge is 2.69. The van der Waals surface area contributed by atoms with E-state index >= 15 is 0 Å². The first-order valence-electron chi connectivity index (χ1n) is 14.3. The Morgan fingerprint density at radius 3 is 2.51 bits per heavy atom. The van der Waals surface area contributed by atoms with Crippen LogP contribution in [0, 0.1) is 36.5 Å². The Morgan fingerprint density at radius 1 is 1.00 bits per heavy atom. The first-order valence-corrected chi connectivity index (χ1v) is 17.2. The SMILES string of the molecule is Cc1ccccc1COc1ccc(Br)cc1[C@@H]1c2sc(=O)[nH]c2S[C@@H]2[C@@H]3C[C@@H]([C@@H]4C(=O)N(c5ccc(Cl)cc5)C(=O)[C@@H]34)[C@@H]12. The van der Waals surface area contributed by atoms with E-state index < -0.39 is 0 Å². The maximum absolute atomic E-state index is 14.0. The lowest BCUT2D eigenvalue weighted by molar-refractivity contribution is -0.123. The molecule has 2 aliphatic heterocycles. The second kappa shape index (κ2) is 10.4. The Bertz CT molecular complexity index is 1860. The zero-order valence-corrected chi connectivity index (χ0v) is 26.9. The number of amides is 2. The van der Waals surface area contributed by atoms with Crippen LogP contribution >= 0.6 is 50.6 Å². The van der Waals surface area contributed by atoms with Gasteiger partial charge in [0.1, 0.15) is 12.4 Å². The number of imide groups is 1. The minimum absolute atomic E-state index is 0.0137. The second-order valence-corrected chi connectivity index (χ2v) is 15.4. The fourth-order valence-electron chi connectivity index (χ4n) is 8.03. The van der Waals surface area contributed by atoms with E-state index in [0.717, 1.165) is 43.2 Å². The van der Waals surface area contributed by atoms with Gasteiger partial charge in [-0.3, -0.25) is 19.3 Å². The zero-order chi connectivity index (χ0) is 29.6. The number of aromatic amines is 1. The van der Waals surface area contributed by atoms with Crippen LogP contribution in [0.3, 0.4) is 0 Å². The van der Waals surface area contributed by atoms with Gasteiger partial charge in [-0.05, 0) is 84.7 Å². The smallest absolute Gasteiger partial charge is 0.305 e. The number of carbonyl (C=O) groups is 2. The van der Waals surface area contributed by atoms with E-state index in [0.29, 0.717) is 17.3 Å². The molecule has 1 aromatic heterocycles. The summed E-state index contributed by atoms with van der Waals surface area (Å²) < 4.78 is 7.44. The van der Waals surface area contributed by atoms with E-state index in [1.165, 1.54) is 16.2 Å². The number of anilines is 1. The molecule has 0 spiro atoms. The molecule has 43 heavy (non-hydrogen) atoms. The van der Waals surface area contributed by atoms with Crippen molar-refractivity contribution in [3.8, 4) is 5.75 Å². The molecule has 2 amide bonds. The Kier molecular flexibility index (Phi) is 6.67. The lowest BCUT2D eigenvalue weighted by Crippen LogP contribution is -2.42. The Hall–Kier alpha value is -2.85. The van der Waals surface area contributed by atoms with Crippen LogP contribution in [0.4, 0.5) is 5.69 Å². The fraction of sp³-hybridized carbons (Fsp3) is 0.303. The van der Waals surface area contributed by atoms with Gasteiger partial charge < -0.3 is 9.72 Å². The average Bonchev–Trinajstić information content (AvgIpc) is 3.72. The largest absolute Gasteiger partial charge is 0.489 e. The van der Waals surface area contributed by atoms with Crippen molar-refractivity contribution in [1.29, 1.82) is 0 Å². The summed E-state index contributed by atoms with van der Waals surface area (Å²) in [7, 11) is 0. The maximum Gasteiger partial charge on any atom is 0.305 e. The van der Waals surface area contributed by atoms with Crippen molar-refractivity contribution in [2.75, 3.05) is 4.90 Å². The molecule has 0 radical (unpaired) electrons. The summed E-state index contributed by atoms with van der Waals surface area (Å²) in [5.41, 5.74) is 3.85. The number of hydrogen-bond acceptors (Lipinski definition) is 6. The molecule has 6 nitrogen and oxygen atoms in total. The Labute approximate surface area is 269 Å². The van der Waals surface area contributed by atoms with Gasteiger partial charge in [0.2, 0.25) is 11.8 Å². The molecule has 1 saturated heterocycles. The molecule has 2 saturated carbocycles. The number of aromatic nitrogens is 1. The first-order chi connectivity index (χ1) is 20.8. The monoisotopic (exact) mass is 692 g/mol.